The summed E-state index contributed by atoms with van der Waals surface area (Å²) >= 11 is 7.58. The highest BCUT2D eigenvalue weighted by molar-refractivity contribution is 7.16. The lowest BCUT2D eigenvalue weighted by molar-refractivity contribution is -0.0419. The lowest BCUT2D eigenvalue weighted by Crippen LogP contribution is -2.41. The Morgan fingerprint density at radius 3 is 2.65 bits per heavy atom. The zero-order chi connectivity index (χ0) is 12.3. The van der Waals surface area contributed by atoms with Crippen LogP contribution in [-0.4, -0.2) is 24.8 Å². The van der Waals surface area contributed by atoms with E-state index in [4.69, 9.17) is 16.3 Å². The summed E-state index contributed by atoms with van der Waals surface area (Å²) in [5.41, 5.74) is 0. The maximum atomic E-state index is 5.91. The molecule has 0 bridgehead atoms. The van der Waals surface area contributed by atoms with Crippen LogP contribution in [0.25, 0.3) is 0 Å². The van der Waals surface area contributed by atoms with E-state index in [1.165, 1.54) is 4.88 Å². The normalized spacial score (nSPS) is 29.5. The average Bonchev–Trinajstić information content (AvgIpc) is 2.63. The van der Waals surface area contributed by atoms with Gasteiger partial charge in [-0.15, -0.1) is 11.3 Å². The van der Waals surface area contributed by atoms with Crippen LogP contribution in [-0.2, 0) is 11.2 Å². The Morgan fingerprint density at radius 1 is 1.35 bits per heavy atom. The lowest BCUT2D eigenvalue weighted by Gasteiger charge is -2.32. The quantitative estimate of drug-likeness (QED) is 0.907. The summed E-state index contributed by atoms with van der Waals surface area (Å²) in [4.78, 5) is 1.36. The third-order valence-electron chi connectivity index (χ3n) is 3.13. The van der Waals surface area contributed by atoms with Gasteiger partial charge in [0.05, 0.1) is 16.5 Å². The van der Waals surface area contributed by atoms with Crippen LogP contribution in [0.5, 0.6) is 0 Å². The molecule has 4 heteroatoms. The molecule has 0 saturated carbocycles. The highest BCUT2D eigenvalue weighted by Gasteiger charge is 2.23. The van der Waals surface area contributed by atoms with Crippen molar-refractivity contribution in [3.8, 4) is 0 Å². The van der Waals surface area contributed by atoms with Gasteiger partial charge in [-0.25, -0.2) is 0 Å². The number of hydrogen-bond acceptors (Lipinski definition) is 3. The second-order valence-electron chi connectivity index (χ2n) is 4.84. The molecule has 2 unspecified atom stereocenters. The maximum Gasteiger partial charge on any atom is 0.0931 e. The van der Waals surface area contributed by atoms with Crippen LogP contribution in [0.2, 0.25) is 4.34 Å². The van der Waals surface area contributed by atoms with Crippen LogP contribution in [0.1, 0.15) is 31.6 Å². The van der Waals surface area contributed by atoms with Gasteiger partial charge in [0.15, 0.2) is 0 Å². The van der Waals surface area contributed by atoms with Crippen LogP contribution in [0.15, 0.2) is 12.1 Å². The zero-order valence-electron chi connectivity index (χ0n) is 10.4. The Kier molecular flexibility index (Phi) is 4.86. The smallest absolute Gasteiger partial charge is 0.0931 e. The van der Waals surface area contributed by atoms with E-state index in [0.29, 0.717) is 18.2 Å². The van der Waals surface area contributed by atoms with E-state index in [-0.39, 0.29) is 0 Å². The fraction of sp³-hybridized carbons (Fsp3) is 0.692. The van der Waals surface area contributed by atoms with Crippen molar-refractivity contribution >= 4 is 22.9 Å². The molecule has 1 aliphatic rings. The van der Waals surface area contributed by atoms with E-state index in [0.717, 1.165) is 30.1 Å². The van der Waals surface area contributed by atoms with Crippen LogP contribution in [0.3, 0.4) is 0 Å². The summed E-state index contributed by atoms with van der Waals surface area (Å²) in [6.07, 6.45) is 4.07. The predicted molar refractivity (Wildman–Crippen MR) is 74.1 cm³/mol. The molecule has 1 aromatic rings. The molecule has 1 aliphatic heterocycles. The van der Waals surface area contributed by atoms with E-state index >= 15 is 0 Å². The van der Waals surface area contributed by atoms with Crippen molar-refractivity contribution in [2.75, 3.05) is 6.54 Å². The van der Waals surface area contributed by atoms with E-state index < -0.39 is 0 Å². The molecule has 2 nitrogen and oxygen atoms in total. The number of ether oxygens (including phenoxy) is 1. The largest absolute Gasteiger partial charge is 0.375 e. The molecule has 0 amide bonds. The van der Waals surface area contributed by atoms with Crippen LogP contribution in [0, 0.1) is 0 Å². The number of halogens is 1. The molecule has 2 heterocycles. The SMILES string of the molecule is CC1CC(NCCc2ccc(Cl)s2)CC(C)O1. The molecule has 0 radical (unpaired) electrons. The standard InChI is InChI=1S/C13H20ClNOS/c1-9-7-11(8-10(2)16-9)15-6-5-12-3-4-13(14)17-12/h3-4,9-11,15H,5-8H2,1-2H3. The minimum Gasteiger partial charge on any atom is -0.375 e. The van der Waals surface area contributed by atoms with Crippen LogP contribution >= 0.6 is 22.9 Å². The number of hydrogen-bond donors (Lipinski definition) is 1. The summed E-state index contributed by atoms with van der Waals surface area (Å²) in [5, 5.41) is 3.62. The number of thiophene rings is 1. The van der Waals surface area contributed by atoms with Gasteiger partial charge in [-0.1, -0.05) is 11.6 Å². The fourth-order valence-electron chi connectivity index (χ4n) is 2.46. The van der Waals surface area contributed by atoms with E-state index in [2.05, 4.69) is 25.2 Å². The third-order valence-corrected chi connectivity index (χ3v) is 4.42. The molecule has 96 valence electrons. The van der Waals surface area contributed by atoms with Crippen LogP contribution in [0.4, 0.5) is 0 Å². The van der Waals surface area contributed by atoms with Gasteiger partial charge in [-0.3, -0.25) is 0 Å². The van der Waals surface area contributed by atoms with Crippen molar-refractivity contribution < 1.29 is 4.74 Å². The van der Waals surface area contributed by atoms with Crippen molar-refractivity contribution in [3.05, 3.63) is 21.3 Å². The lowest BCUT2D eigenvalue weighted by atomic mass is 10.00. The Hall–Kier alpha value is -0.0900. The molecule has 0 aromatic carbocycles. The molecule has 1 N–H and O–H groups in total. The molecule has 2 rings (SSSR count). The highest BCUT2D eigenvalue weighted by atomic mass is 35.5. The zero-order valence-corrected chi connectivity index (χ0v) is 12.0. The summed E-state index contributed by atoms with van der Waals surface area (Å²) in [5.74, 6) is 0. The molecule has 17 heavy (non-hydrogen) atoms. The monoisotopic (exact) mass is 273 g/mol. The predicted octanol–water partition coefficient (Wildman–Crippen LogP) is 3.49. The second kappa shape index (κ2) is 6.19. The Balaban J connectivity index is 1.71. The molecular formula is C13H20ClNOS. The molecule has 2 atom stereocenters. The summed E-state index contributed by atoms with van der Waals surface area (Å²) in [6, 6.07) is 4.69. The first-order chi connectivity index (χ1) is 8.13. The summed E-state index contributed by atoms with van der Waals surface area (Å²) in [6.45, 7) is 5.34. The molecular weight excluding hydrogens is 254 g/mol. The Bertz CT molecular complexity index is 345. The van der Waals surface area contributed by atoms with Crippen LogP contribution < -0.4 is 5.32 Å². The topological polar surface area (TPSA) is 21.3 Å². The van der Waals surface area contributed by atoms with Gasteiger partial charge < -0.3 is 10.1 Å². The Morgan fingerprint density at radius 2 is 2.06 bits per heavy atom. The average molecular weight is 274 g/mol. The minimum atomic E-state index is 0.382. The fourth-order valence-corrected chi connectivity index (χ4v) is 3.54. The summed E-state index contributed by atoms with van der Waals surface area (Å²) < 4.78 is 6.61. The van der Waals surface area contributed by atoms with Gasteiger partial charge in [-0.05, 0) is 45.2 Å². The molecule has 0 aliphatic carbocycles. The van der Waals surface area contributed by atoms with Gasteiger partial charge >= 0.3 is 0 Å². The highest BCUT2D eigenvalue weighted by Crippen LogP contribution is 2.22. The van der Waals surface area contributed by atoms with Gasteiger partial charge in [0.2, 0.25) is 0 Å². The van der Waals surface area contributed by atoms with Crippen molar-refractivity contribution in [1.29, 1.82) is 0 Å². The third kappa shape index (κ3) is 4.25. The van der Waals surface area contributed by atoms with Crippen molar-refractivity contribution in [1.82, 2.24) is 5.32 Å². The molecule has 0 spiro atoms. The molecule has 1 fully saturated rings. The molecule has 1 saturated heterocycles. The first-order valence-electron chi connectivity index (χ1n) is 6.26. The van der Waals surface area contributed by atoms with E-state index in [1.807, 2.05) is 6.07 Å². The Labute approximate surface area is 112 Å². The maximum absolute atomic E-state index is 5.91. The van der Waals surface area contributed by atoms with Crippen molar-refractivity contribution in [2.24, 2.45) is 0 Å². The van der Waals surface area contributed by atoms with Gasteiger partial charge in [-0.2, -0.15) is 0 Å². The summed E-state index contributed by atoms with van der Waals surface area (Å²) in [7, 11) is 0. The number of nitrogens with one attached hydrogen (secondary N) is 1. The first-order valence-corrected chi connectivity index (χ1v) is 7.46. The van der Waals surface area contributed by atoms with E-state index in [9.17, 15) is 0 Å². The number of rotatable bonds is 4. The first kappa shape index (κ1) is 13.3. The van der Waals surface area contributed by atoms with Crippen molar-refractivity contribution in [3.63, 3.8) is 0 Å². The van der Waals surface area contributed by atoms with Gasteiger partial charge in [0, 0.05) is 17.5 Å². The van der Waals surface area contributed by atoms with Gasteiger partial charge in [0.25, 0.3) is 0 Å². The van der Waals surface area contributed by atoms with Gasteiger partial charge in [0.1, 0.15) is 0 Å². The minimum absolute atomic E-state index is 0.382. The molecule has 1 aromatic heterocycles. The van der Waals surface area contributed by atoms with E-state index in [1.54, 1.807) is 11.3 Å². The second-order valence-corrected chi connectivity index (χ2v) is 6.64. The van der Waals surface area contributed by atoms with Crippen molar-refractivity contribution in [2.45, 2.75) is 51.4 Å².